The van der Waals surface area contributed by atoms with Crippen molar-refractivity contribution in [2.24, 2.45) is 0 Å². The van der Waals surface area contributed by atoms with E-state index in [9.17, 15) is 5.48 Å². The fourth-order valence-corrected chi connectivity index (χ4v) is 7.42. The lowest BCUT2D eigenvalue weighted by atomic mass is 10.0. The lowest BCUT2D eigenvalue weighted by Crippen LogP contribution is -2.37. The largest absolute Gasteiger partial charge is 0.208 e. The molecule has 0 atom stereocenters. The van der Waals surface area contributed by atoms with Crippen molar-refractivity contribution in [1.29, 1.82) is 0 Å². The van der Waals surface area contributed by atoms with E-state index in [2.05, 4.69) is 31.8 Å². The number of aromatic nitrogens is 3. The van der Waals surface area contributed by atoms with Crippen LogP contribution in [-0.2, 0) is 0 Å². The molecule has 0 aliphatic heterocycles. The van der Waals surface area contributed by atoms with Gasteiger partial charge in [0, 0.05) is 36.9 Å². The zero-order chi connectivity index (χ0) is 40.1. The van der Waals surface area contributed by atoms with Crippen LogP contribution in [-0.4, -0.2) is 23.0 Å². The molecular weight excluding hydrogens is 583 g/mol. The molecule has 0 saturated carbocycles. The van der Waals surface area contributed by atoms with Crippen molar-refractivity contribution in [3.8, 4) is 45.3 Å². The molecule has 3 nitrogen and oxygen atoms in total. The van der Waals surface area contributed by atoms with Crippen molar-refractivity contribution in [3.05, 3.63) is 133 Å². The Morgan fingerprint density at radius 1 is 0.533 bits per heavy atom. The van der Waals surface area contributed by atoms with Gasteiger partial charge in [0.05, 0.1) is 23.2 Å². The maximum Gasteiger partial charge on any atom is 0.164 e. The fourth-order valence-electron chi connectivity index (χ4n) is 5.28. The minimum absolute atomic E-state index is 0.00624. The van der Waals surface area contributed by atoms with Crippen LogP contribution in [0.1, 0.15) is 15.1 Å². The van der Waals surface area contributed by atoms with Crippen molar-refractivity contribution < 1.29 is 15.1 Å². The number of benzene rings is 6. The maximum absolute atomic E-state index is 9.50. The van der Waals surface area contributed by atoms with Crippen molar-refractivity contribution in [3.63, 3.8) is 0 Å². The fraction of sp³-hybridized carbons (Fsp3) is 0.0750. The molecule has 8 rings (SSSR count). The highest BCUT2D eigenvalue weighted by atomic mass is 32.1. The van der Waals surface area contributed by atoms with Gasteiger partial charge in [-0.3, -0.25) is 0 Å². The molecule has 6 aromatic carbocycles. The summed E-state index contributed by atoms with van der Waals surface area (Å²) < 4.78 is 96.9. The molecule has 0 radical (unpaired) electrons. The average molecular weight is 625 g/mol. The summed E-state index contributed by atoms with van der Waals surface area (Å²) in [4.78, 5) is 14.6. The van der Waals surface area contributed by atoms with E-state index in [1.54, 1.807) is 0 Å². The summed E-state index contributed by atoms with van der Waals surface area (Å²) in [6.07, 6.45) is 0. The molecule has 0 fully saturated rings. The number of rotatable bonds is 5. The van der Waals surface area contributed by atoms with Crippen LogP contribution in [0.2, 0.25) is 19.6 Å². The van der Waals surface area contributed by atoms with Crippen molar-refractivity contribution in [1.82, 2.24) is 15.0 Å². The highest BCUT2D eigenvalue weighted by Gasteiger charge is 2.18. The van der Waals surface area contributed by atoms with Crippen LogP contribution in [0, 0.1) is 0 Å². The molecule has 5 heteroatoms. The lowest BCUT2D eigenvalue weighted by Gasteiger charge is -2.16. The maximum atomic E-state index is 9.50. The second-order valence-corrected chi connectivity index (χ2v) is 17.8. The van der Waals surface area contributed by atoms with Gasteiger partial charge in [0.2, 0.25) is 0 Å². The van der Waals surface area contributed by atoms with Crippen LogP contribution < -0.4 is 5.19 Å². The molecule has 0 aliphatic carbocycles. The first-order chi connectivity index (χ1) is 26.5. The van der Waals surface area contributed by atoms with Crippen molar-refractivity contribution in [2.45, 2.75) is 19.6 Å². The summed E-state index contributed by atoms with van der Waals surface area (Å²) in [5.74, 6) is 0.612. The quantitative estimate of drug-likeness (QED) is 0.179. The van der Waals surface area contributed by atoms with Crippen LogP contribution in [0.25, 0.3) is 76.2 Å². The molecule has 0 unspecified atom stereocenters. The normalized spacial score (nSPS) is 15.3. The molecule has 2 heterocycles. The van der Waals surface area contributed by atoms with Gasteiger partial charge in [0.1, 0.15) is 0 Å². The Morgan fingerprint density at radius 2 is 1.24 bits per heavy atom. The smallest absolute Gasteiger partial charge is 0.164 e. The summed E-state index contributed by atoms with van der Waals surface area (Å²) in [7, 11) is -1.63. The standard InChI is InChI=1S/C40H31N3SSi/c1-45(2,3)31-20-16-28(17-21-31)38-41-39(43-40(42-38)34-15-9-13-27-12-7-8-14-32(27)34)30-18-22-33-35-24-29(26-10-5-4-6-11-26)19-23-36(35)44-37(33)25-30/h4-25H,1-3H3/i4D,5D,6D,10D,11D,18D,19D,22D,23D,24D,25D. The van der Waals surface area contributed by atoms with Crippen LogP contribution in [0.3, 0.4) is 0 Å². The van der Waals surface area contributed by atoms with Gasteiger partial charge < -0.3 is 0 Å². The van der Waals surface area contributed by atoms with Gasteiger partial charge in [0.25, 0.3) is 0 Å². The first-order valence-electron chi connectivity index (χ1n) is 19.9. The van der Waals surface area contributed by atoms with Crippen LogP contribution >= 0.6 is 11.3 Å². The van der Waals surface area contributed by atoms with Crippen molar-refractivity contribution in [2.75, 3.05) is 0 Å². The van der Waals surface area contributed by atoms with Crippen LogP contribution in [0.15, 0.2) is 133 Å². The average Bonchev–Trinajstić information content (AvgIpc) is 3.60. The first kappa shape index (κ1) is 18.1. The van der Waals surface area contributed by atoms with Crippen LogP contribution in [0.5, 0.6) is 0 Å². The first-order valence-corrected chi connectivity index (χ1v) is 18.7. The van der Waals surface area contributed by atoms with Crippen molar-refractivity contribution >= 4 is 55.5 Å². The molecule has 0 bridgehead atoms. The second kappa shape index (κ2) is 10.9. The Balaban J connectivity index is 1.42. The molecule has 45 heavy (non-hydrogen) atoms. The van der Waals surface area contributed by atoms with Gasteiger partial charge in [-0.25, -0.2) is 15.0 Å². The second-order valence-electron chi connectivity index (χ2n) is 11.7. The minimum Gasteiger partial charge on any atom is -0.208 e. The van der Waals surface area contributed by atoms with E-state index in [-0.39, 0.29) is 49.2 Å². The Morgan fingerprint density at radius 3 is 2.04 bits per heavy atom. The number of fused-ring (bicyclic) bond motifs is 4. The van der Waals surface area contributed by atoms with E-state index in [0.29, 0.717) is 22.8 Å². The van der Waals surface area contributed by atoms with E-state index < -0.39 is 68.0 Å². The topological polar surface area (TPSA) is 38.7 Å². The highest BCUT2D eigenvalue weighted by Crippen LogP contribution is 2.38. The van der Waals surface area contributed by atoms with E-state index >= 15 is 0 Å². The molecular formula is C40H31N3SSi. The van der Waals surface area contributed by atoms with E-state index in [4.69, 9.17) is 24.5 Å². The zero-order valence-corrected chi connectivity index (χ0v) is 26.4. The third-order valence-electron chi connectivity index (χ3n) is 7.66. The number of hydrogen-bond acceptors (Lipinski definition) is 4. The Bertz CT molecular complexity index is 2950. The molecule has 0 spiro atoms. The number of thiophene rings is 1. The summed E-state index contributed by atoms with van der Waals surface area (Å²) in [5, 5.41) is 3.10. The summed E-state index contributed by atoms with van der Waals surface area (Å²) in [6, 6.07) is 16.1. The summed E-state index contributed by atoms with van der Waals surface area (Å²) in [6.45, 7) is 6.76. The van der Waals surface area contributed by atoms with E-state index in [0.717, 1.165) is 22.1 Å². The molecule has 0 saturated heterocycles. The van der Waals surface area contributed by atoms with E-state index in [1.165, 1.54) is 5.19 Å². The third kappa shape index (κ3) is 5.14. The molecule has 8 aromatic rings. The van der Waals surface area contributed by atoms with Gasteiger partial charge in [-0.15, -0.1) is 11.3 Å². The molecule has 0 amide bonds. The van der Waals surface area contributed by atoms with Gasteiger partial charge in [0.15, 0.2) is 17.5 Å². The van der Waals surface area contributed by atoms with Crippen LogP contribution in [0.4, 0.5) is 0 Å². The molecule has 0 N–H and O–H groups in total. The molecule has 2 aromatic heterocycles. The molecule has 0 aliphatic rings. The summed E-state index contributed by atoms with van der Waals surface area (Å²) in [5.41, 5.74) is 0.595. The predicted octanol–water partition coefficient (Wildman–Crippen LogP) is 10.6. The Kier molecular flexibility index (Phi) is 4.38. The minimum atomic E-state index is -1.63. The Labute approximate surface area is 283 Å². The van der Waals surface area contributed by atoms with Gasteiger partial charge in [-0.1, -0.05) is 140 Å². The SMILES string of the molecule is [2H]c1c([2H])c([2H])c(-c2c([2H])c([2H])c3sc4c([2H])c(-c5nc(-c6ccc([Si](C)(C)C)cc6)nc(-c6cccc7ccccc67)n5)c([2H])c([2H])c4c3c2[2H])c([2H])c1[2H]. The number of nitrogens with zero attached hydrogens (tertiary/aromatic N) is 3. The Hall–Kier alpha value is -4.97. The van der Waals surface area contributed by atoms with Gasteiger partial charge >= 0.3 is 0 Å². The van der Waals surface area contributed by atoms with Gasteiger partial charge in [-0.05, 0) is 40.0 Å². The molecule has 216 valence electrons. The predicted molar refractivity (Wildman–Crippen MR) is 195 cm³/mol. The zero-order valence-electron chi connectivity index (χ0n) is 35.6. The number of hydrogen-bond donors (Lipinski definition) is 0. The lowest BCUT2D eigenvalue weighted by molar-refractivity contribution is 1.08. The van der Waals surface area contributed by atoms with Gasteiger partial charge in [-0.2, -0.15) is 0 Å². The van der Waals surface area contributed by atoms with E-state index in [1.807, 2.05) is 54.6 Å². The third-order valence-corrected chi connectivity index (χ3v) is 10.7. The highest BCUT2D eigenvalue weighted by molar-refractivity contribution is 7.25. The summed E-state index contributed by atoms with van der Waals surface area (Å²) >= 11 is 0.919. The monoisotopic (exact) mass is 624 g/mol.